The molecule has 1 unspecified atom stereocenters. The topological polar surface area (TPSA) is 50.8 Å². The van der Waals surface area contributed by atoms with Crippen LogP contribution in [0.4, 0.5) is 4.79 Å². The number of nitrogens with zero attached hydrogens (tertiary/aromatic N) is 1. The van der Waals surface area contributed by atoms with Gasteiger partial charge in [0.2, 0.25) is 0 Å². The second-order valence-electron chi connectivity index (χ2n) is 7.52. The van der Waals surface area contributed by atoms with Crippen molar-refractivity contribution in [3.05, 3.63) is 29.8 Å². The lowest BCUT2D eigenvalue weighted by Gasteiger charge is -2.33. The molecule has 1 saturated carbocycles. The molecule has 1 aliphatic heterocycles. The van der Waals surface area contributed by atoms with Gasteiger partial charge in [0, 0.05) is 37.2 Å². The summed E-state index contributed by atoms with van der Waals surface area (Å²) in [5.41, 5.74) is 1.20. The lowest BCUT2D eigenvalue weighted by Crippen LogP contribution is -2.47. The Kier molecular flexibility index (Phi) is 6.41. The van der Waals surface area contributed by atoms with E-state index in [-0.39, 0.29) is 17.6 Å². The van der Waals surface area contributed by atoms with Crippen LogP contribution in [-0.2, 0) is 10.2 Å². The molecule has 1 aromatic rings. The molecule has 1 aromatic carbocycles. The summed E-state index contributed by atoms with van der Waals surface area (Å²) >= 11 is 0. The van der Waals surface area contributed by atoms with E-state index in [0.717, 1.165) is 38.0 Å². The van der Waals surface area contributed by atoms with Gasteiger partial charge in [-0.15, -0.1) is 0 Å². The SMILES string of the molecule is CCN(CC1CCCO1)C(=O)NCC1(c2ccccc2OC)CCCC1. The zero-order valence-electron chi connectivity index (χ0n) is 16.1. The number of ether oxygens (including phenoxy) is 2. The van der Waals surface area contributed by atoms with Crippen LogP contribution in [0.25, 0.3) is 0 Å². The molecule has 1 aliphatic carbocycles. The molecule has 26 heavy (non-hydrogen) atoms. The van der Waals surface area contributed by atoms with Crippen molar-refractivity contribution in [2.24, 2.45) is 0 Å². The molecule has 1 saturated heterocycles. The van der Waals surface area contributed by atoms with Crippen molar-refractivity contribution < 1.29 is 14.3 Å². The molecule has 5 heteroatoms. The van der Waals surface area contributed by atoms with E-state index in [9.17, 15) is 4.79 Å². The second kappa shape index (κ2) is 8.76. The van der Waals surface area contributed by atoms with E-state index in [4.69, 9.17) is 9.47 Å². The molecule has 0 bridgehead atoms. The zero-order chi connectivity index (χ0) is 18.4. The minimum absolute atomic E-state index is 0.0178. The normalized spacial score (nSPS) is 21.5. The number of hydrogen-bond donors (Lipinski definition) is 1. The summed E-state index contributed by atoms with van der Waals surface area (Å²) < 4.78 is 11.3. The Labute approximate surface area is 157 Å². The second-order valence-corrected chi connectivity index (χ2v) is 7.52. The van der Waals surface area contributed by atoms with Crippen molar-refractivity contribution in [1.29, 1.82) is 0 Å². The molecule has 2 amide bonds. The van der Waals surface area contributed by atoms with Gasteiger partial charge in [-0.05, 0) is 38.7 Å². The Morgan fingerprint density at radius 2 is 2.08 bits per heavy atom. The summed E-state index contributed by atoms with van der Waals surface area (Å²) in [6.45, 7) is 4.90. The number of para-hydroxylation sites is 1. The first kappa shape index (κ1) is 19.0. The highest BCUT2D eigenvalue weighted by atomic mass is 16.5. The van der Waals surface area contributed by atoms with Gasteiger partial charge < -0.3 is 19.7 Å². The van der Waals surface area contributed by atoms with E-state index >= 15 is 0 Å². The van der Waals surface area contributed by atoms with Gasteiger partial charge in [0.15, 0.2) is 0 Å². The molecule has 144 valence electrons. The number of methoxy groups -OCH3 is 1. The first-order valence-corrected chi connectivity index (χ1v) is 9.96. The summed E-state index contributed by atoms with van der Waals surface area (Å²) in [5, 5.41) is 3.22. The zero-order valence-corrected chi connectivity index (χ0v) is 16.1. The fourth-order valence-corrected chi connectivity index (χ4v) is 4.42. The first-order valence-electron chi connectivity index (χ1n) is 9.96. The van der Waals surface area contributed by atoms with E-state index in [1.807, 2.05) is 24.0 Å². The third kappa shape index (κ3) is 4.14. The maximum atomic E-state index is 12.8. The lowest BCUT2D eigenvalue weighted by molar-refractivity contribution is 0.0823. The maximum absolute atomic E-state index is 12.8. The van der Waals surface area contributed by atoms with Crippen LogP contribution < -0.4 is 10.1 Å². The fourth-order valence-electron chi connectivity index (χ4n) is 4.42. The minimum Gasteiger partial charge on any atom is -0.496 e. The Morgan fingerprint density at radius 1 is 1.31 bits per heavy atom. The standard InChI is InChI=1S/C21H32N2O3/c1-3-23(15-17-9-8-14-26-17)20(24)22-16-21(12-6-7-13-21)18-10-4-5-11-19(18)25-2/h4-5,10-11,17H,3,6-9,12-16H2,1-2H3,(H,22,24). The Morgan fingerprint density at radius 3 is 2.73 bits per heavy atom. The number of likely N-dealkylation sites (N-methyl/N-ethyl adjacent to an activating group) is 1. The van der Waals surface area contributed by atoms with Crippen LogP contribution in [0.2, 0.25) is 0 Å². The van der Waals surface area contributed by atoms with Gasteiger partial charge in [0.05, 0.1) is 13.2 Å². The van der Waals surface area contributed by atoms with Gasteiger partial charge in [0.1, 0.15) is 5.75 Å². The number of urea groups is 1. The number of nitrogens with one attached hydrogen (secondary N) is 1. The third-order valence-electron chi connectivity index (χ3n) is 5.93. The van der Waals surface area contributed by atoms with Crippen molar-refractivity contribution in [1.82, 2.24) is 10.2 Å². The van der Waals surface area contributed by atoms with Crippen molar-refractivity contribution in [2.45, 2.75) is 57.0 Å². The number of carbonyl (C=O) groups excluding carboxylic acids is 1. The van der Waals surface area contributed by atoms with Gasteiger partial charge in [-0.25, -0.2) is 4.79 Å². The third-order valence-corrected chi connectivity index (χ3v) is 5.93. The van der Waals surface area contributed by atoms with Gasteiger partial charge in [-0.3, -0.25) is 0 Å². The van der Waals surface area contributed by atoms with E-state index in [1.54, 1.807) is 7.11 Å². The van der Waals surface area contributed by atoms with Gasteiger partial charge in [0.25, 0.3) is 0 Å². The number of rotatable bonds is 7. The van der Waals surface area contributed by atoms with E-state index < -0.39 is 0 Å². The van der Waals surface area contributed by atoms with Crippen molar-refractivity contribution >= 4 is 6.03 Å². The smallest absolute Gasteiger partial charge is 0.317 e. The number of benzene rings is 1. The Hall–Kier alpha value is -1.75. The highest BCUT2D eigenvalue weighted by Gasteiger charge is 2.38. The van der Waals surface area contributed by atoms with Crippen molar-refractivity contribution in [3.63, 3.8) is 0 Å². The average Bonchev–Trinajstić information content (AvgIpc) is 3.36. The summed E-state index contributed by atoms with van der Waals surface area (Å²) in [5.74, 6) is 0.926. The summed E-state index contributed by atoms with van der Waals surface area (Å²) in [4.78, 5) is 14.7. The van der Waals surface area contributed by atoms with Crippen LogP contribution in [0.5, 0.6) is 5.75 Å². The highest BCUT2D eigenvalue weighted by molar-refractivity contribution is 5.74. The number of hydrogen-bond acceptors (Lipinski definition) is 3. The molecule has 0 spiro atoms. The van der Waals surface area contributed by atoms with Crippen LogP contribution in [0.15, 0.2) is 24.3 Å². The van der Waals surface area contributed by atoms with Crippen LogP contribution in [-0.4, -0.2) is 50.4 Å². The Bertz CT molecular complexity index is 593. The molecule has 2 fully saturated rings. The van der Waals surface area contributed by atoms with Gasteiger partial charge >= 0.3 is 6.03 Å². The van der Waals surface area contributed by atoms with Crippen LogP contribution in [0.3, 0.4) is 0 Å². The Balaban J connectivity index is 1.67. The first-order chi connectivity index (χ1) is 12.7. The predicted molar refractivity (Wildman–Crippen MR) is 103 cm³/mol. The number of carbonyl (C=O) groups is 1. The maximum Gasteiger partial charge on any atom is 0.317 e. The largest absolute Gasteiger partial charge is 0.496 e. The molecular formula is C21H32N2O3. The molecule has 2 aliphatic rings. The monoisotopic (exact) mass is 360 g/mol. The molecule has 5 nitrogen and oxygen atoms in total. The van der Waals surface area contributed by atoms with Crippen molar-refractivity contribution in [3.8, 4) is 5.75 Å². The summed E-state index contributed by atoms with van der Waals surface area (Å²) in [6.07, 6.45) is 6.91. The van der Waals surface area contributed by atoms with E-state index in [1.165, 1.54) is 18.4 Å². The molecule has 3 rings (SSSR count). The van der Waals surface area contributed by atoms with Gasteiger partial charge in [-0.1, -0.05) is 31.0 Å². The molecule has 1 N–H and O–H groups in total. The van der Waals surface area contributed by atoms with Gasteiger partial charge in [-0.2, -0.15) is 0 Å². The highest BCUT2D eigenvalue weighted by Crippen LogP contribution is 2.44. The predicted octanol–water partition coefficient (Wildman–Crippen LogP) is 3.72. The molecule has 0 radical (unpaired) electrons. The fraction of sp³-hybridized carbons (Fsp3) is 0.667. The molecule has 1 heterocycles. The molecule has 1 atom stereocenters. The lowest BCUT2D eigenvalue weighted by atomic mass is 9.78. The molecule has 0 aromatic heterocycles. The molecular weight excluding hydrogens is 328 g/mol. The summed E-state index contributed by atoms with van der Waals surface area (Å²) in [7, 11) is 1.72. The van der Waals surface area contributed by atoms with E-state index in [2.05, 4.69) is 17.4 Å². The van der Waals surface area contributed by atoms with E-state index in [0.29, 0.717) is 19.6 Å². The van der Waals surface area contributed by atoms with Crippen molar-refractivity contribution in [2.75, 3.05) is 33.4 Å². The van der Waals surface area contributed by atoms with Crippen LogP contribution in [0, 0.1) is 0 Å². The van der Waals surface area contributed by atoms with Crippen LogP contribution >= 0.6 is 0 Å². The quantitative estimate of drug-likeness (QED) is 0.806. The van der Waals surface area contributed by atoms with Crippen LogP contribution in [0.1, 0.15) is 51.0 Å². The summed E-state index contributed by atoms with van der Waals surface area (Å²) in [6, 6.07) is 8.26. The number of amides is 2. The average molecular weight is 360 g/mol. The minimum atomic E-state index is -0.0223.